The first kappa shape index (κ1) is 9.74. The summed E-state index contributed by atoms with van der Waals surface area (Å²) in [5.74, 6) is 1.48. The van der Waals surface area contributed by atoms with E-state index in [2.05, 4.69) is 39.8 Å². The van der Waals surface area contributed by atoms with Crippen LogP contribution in [0.25, 0.3) is 0 Å². The van der Waals surface area contributed by atoms with Crippen molar-refractivity contribution in [2.75, 3.05) is 0 Å². The van der Waals surface area contributed by atoms with E-state index in [1.807, 2.05) is 0 Å². The molecule has 0 nitrogen and oxygen atoms in total. The van der Waals surface area contributed by atoms with Crippen molar-refractivity contribution in [3.05, 3.63) is 12.2 Å². The van der Waals surface area contributed by atoms with Crippen LogP contribution in [0.2, 0.25) is 0 Å². The molecule has 0 heterocycles. The smallest absolute Gasteiger partial charge is 0.0262 e. The molecule has 0 radical (unpaired) electrons. The molecule has 60 valence electrons. The predicted octanol–water partition coefficient (Wildman–Crippen LogP) is 3.63. The average Bonchev–Trinajstić information content (AvgIpc) is 1.85. The predicted molar refractivity (Wildman–Crippen MR) is 48.1 cm³/mol. The van der Waals surface area contributed by atoms with Crippen molar-refractivity contribution >= 4 is 0 Å². The van der Waals surface area contributed by atoms with Crippen LogP contribution < -0.4 is 0 Å². The van der Waals surface area contributed by atoms with Crippen molar-refractivity contribution in [2.45, 2.75) is 40.5 Å². The largest absolute Gasteiger partial charge is 0.0857 e. The Labute approximate surface area is 65.3 Å². The van der Waals surface area contributed by atoms with E-state index in [4.69, 9.17) is 0 Å². The Bertz CT molecular complexity index is 90.2. The fraction of sp³-hybridized carbons (Fsp3) is 0.800. The van der Waals surface area contributed by atoms with Crippen LogP contribution in [0, 0.1) is 11.8 Å². The van der Waals surface area contributed by atoms with Gasteiger partial charge < -0.3 is 0 Å². The van der Waals surface area contributed by atoms with Crippen LogP contribution in [-0.2, 0) is 0 Å². The molecular formula is C10H20. The molecule has 0 rings (SSSR count). The van der Waals surface area contributed by atoms with Crippen LogP contribution in [0.5, 0.6) is 0 Å². The van der Waals surface area contributed by atoms with Crippen molar-refractivity contribution in [3.8, 4) is 0 Å². The second-order valence-electron chi connectivity index (χ2n) is 3.39. The SMILES string of the molecule is CCC[C@H](C)/C=C\C(C)C. The lowest BCUT2D eigenvalue weighted by molar-refractivity contribution is 0.627. The Kier molecular flexibility index (Phi) is 5.38. The van der Waals surface area contributed by atoms with Crippen LogP contribution in [-0.4, -0.2) is 0 Å². The fourth-order valence-electron chi connectivity index (χ4n) is 0.963. The monoisotopic (exact) mass is 140 g/mol. The van der Waals surface area contributed by atoms with Crippen molar-refractivity contribution in [1.29, 1.82) is 0 Å². The lowest BCUT2D eigenvalue weighted by atomic mass is 10.0. The van der Waals surface area contributed by atoms with Gasteiger partial charge in [0, 0.05) is 0 Å². The third-order valence-corrected chi connectivity index (χ3v) is 1.57. The van der Waals surface area contributed by atoms with E-state index in [9.17, 15) is 0 Å². The molecule has 0 spiro atoms. The van der Waals surface area contributed by atoms with Crippen molar-refractivity contribution in [3.63, 3.8) is 0 Å². The van der Waals surface area contributed by atoms with Gasteiger partial charge in [-0.1, -0.05) is 46.3 Å². The van der Waals surface area contributed by atoms with Gasteiger partial charge in [0.05, 0.1) is 0 Å². The van der Waals surface area contributed by atoms with Crippen LogP contribution in [0.3, 0.4) is 0 Å². The summed E-state index contributed by atoms with van der Waals surface area (Å²) in [6.07, 6.45) is 7.24. The normalized spacial score (nSPS) is 14.9. The van der Waals surface area contributed by atoms with Gasteiger partial charge >= 0.3 is 0 Å². The van der Waals surface area contributed by atoms with E-state index in [1.165, 1.54) is 12.8 Å². The second kappa shape index (κ2) is 5.52. The van der Waals surface area contributed by atoms with Crippen LogP contribution >= 0.6 is 0 Å². The molecule has 10 heavy (non-hydrogen) atoms. The maximum atomic E-state index is 2.33. The molecule has 0 amide bonds. The van der Waals surface area contributed by atoms with Crippen molar-refractivity contribution in [1.82, 2.24) is 0 Å². The van der Waals surface area contributed by atoms with Crippen molar-refractivity contribution in [2.24, 2.45) is 11.8 Å². The van der Waals surface area contributed by atoms with Crippen molar-refractivity contribution < 1.29 is 0 Å². The van der Waals surface area contributed by atoms with Gasteiger partial charge in [-0.25, -0.2) is 0 Å². The highest BCUT2D eigenvalue weighted by Crippen LogP contribution is 2.07. The Balaban J connectivity index is 3.45. The molecule has 0 aromatic carbocycles. The minimum absolute atomic E-state index is 0.708. The second-order valence-corrected chi connectivity index (χ2v) is 3.39. The summed E-state index contributed by atoms with van der Waals surface area (Å²) >= 11 is 0. The molecule has 0 heteroatoms. The summed E-state index contributed by atoms with van der Waals surface area (Å²) < 4.78 is 0. The molecule has 0 fully saturated rings. The average molecular weight is 140 g/mol. The van der Waals surface area contributed by atoms with Crippen LogP contribution in [0.4, 0.5) is 0 Å². The van der Waals surface area contributed by atoms with E-state index in [0.29, 0.717) is 5.92 Å². The Morgan fingerprint density at radius 3 is 2.10 bits per heavy atom. The molecule has 0 aliphatic rings. The van der Waals surface area contributed by atoms with Crippen LogP contribution in [0.15, 0.2) is 12.2 Å². The molecule has 0 N–H and O–H groups in total. The Morgan fingerprint density at radius 1 is 1.10 bits per heavy atom. The van der Waals surface area contributed by atoms with Gasteiger partial charge in [0.2, 0.25) is 0 Å². The molecule has 0 saturated carbocycles. The molecule has 0 aromatic rings. The Morgan fingerprint density at radius 2 is 1.70 bits per heavy atom. The summed E-state index contributed by atoms with van der Waals surface area (Å²) in [7, 11) is 0. The van der Waals surface area contributed by atoms with Gasteiger partial charge in [0.1, 0.15) is 0 Å². The highest BCUT2D eigenvalue weighted by atomic mass is 14.0. The van der Waals surface area contributed by atoms with E-state index in [-0.39, 0.29) is 0 Å². The molecule has 1 atom stereocenters. The molecule has 0 aromatic heterocycles. The third kappa shape index (κ3) is 5.87. The molecule has 0 unspecified atom stereocenters. The number of allylic oxidation sites excluding steroid dienone is 2. The van der Waals surface area contributed by atoms with Gasteiger partial charge in [-0.15, -0.1) is 0 Å². The van der Waals surface area contributed by atoms with Gasteiger partial charge in [-0.3, -0.25) is 0 Å². The first-order valence-corrected chi connectivity index (χ1v) is 4.35. The quantitative estimate of drug-likeness (QED) is 0.523. The Hall–Kier alpha value is -0.260. The first-order chi connectivity index (χ1) is 4.66. The van der Waals surface area contributed by atoms with Gasteiger partial charge in [0.25, 0.3) is 0 Å². The van der Waals surface area contributed by atoms with E-state index < -0.39 is 0 Å². The number of hydrogen-bond donors (Lipinski definition) is 0. The minimum atomic E-state index is 0.708. The van der Waals surface area contributed by atoms with Gasteiger partial charge in [-0.05, 0) is 18.3 Å². The zero-order chi connectivity index (χ0) is 7.98. The summed E-state index contributed by atoms with van der Waals surface area (Å²) in [4.78, 5) is 0. The van der Waals surface area contributed by atoms with Gasteiger partial charge in [0.15, 0.2) is 0 Å². The molecule has 0 bridgehead atoms. The minimum Gasteiger partial charge on any atom is -0.0857 e. The standard InChI is InChI=1S/C10H20/c1-5-6-10(4)8-7-9(2)3/h7-10H,5-6H2,1-4H3/b8-7-/t10-/m0/s1. The topological polar surface area (TPSA) is 0 Å². The van der Waals surface area contributed by atoms with E-state index in [0.717, 1.165) is 5.92 Å². The summed E-state index contributed by atoms with van der Waals surface area (Å²) in [6.45, 7) is 8.95. The lowest BCUT2D eigenvalue weighted by Gasteiger charge is -2.02. The van der Waals surface area contributed by atoms with Crippen LogP contribution in [0.1, 0.15) is 40.5 Å². The number of rotatable bonds is 4. The molecule has 0 saturated heterocycles. The molecule has 0 aliphatic carbocycles. The molecule has 0 aliphatic heterocycles. The first-order valence-electron chi connectivity index (χ1n) is 4.35. The zero-order valence-corrected chi connectivity index (χ0v) is 7.72. The lowest BCUT2D eigenvalue weighted by Crippen LogP contribution is -1.88. The third-order valence-electron chi connectivity index (χ3n) is 1.57. The van der Waals surface area contributed by atoms with E-state index >= 15 is 0 Å². The highest BCUT2D eigenvalue weighted by molar-refractivity contribution is 4.88. The van der Waals surface area contributed by atoms with Gasteiger partial charge in [-0.2, -0.15) is 0 Å². The maximum Gasteiger partial charge on any atom is -0.0262 e. The summed E-state index contributed by atoms with van der Waals surface area (Å²) in [5, 5.41) is 0. The number of hydrogen-bond acceptors (Lipinski definition) is 0. The summed E-state index contributed by atoms with van der Waals surface area (Å²) in [6, 6.07) is 0. The summed E-state index contributed by atoms with van der Waals surface area (Å²) in [5.41, 5.74) is 0. The zero-order valence-electron chi connectivity index (χ0n) is 7.72. The highest BCUT2D eigenvalue weighted by Gasteiger charge is 1.93. The fourth-order valence-corrected chi connectivity index (χ4v) is 0.963. The van der Waals surface area contributed by atoms with E-state index in [1.54, 1.807) is 0 Å². The maximum absolute atomic E-state index is 2.33. The molecular weight excluding hydrogens is 120 g/mol.